The second-order valence-electron chi connectivity index (χ2n) is 7.80. The standard InChI is InChI=1S/C21H22N6O4S.Na.H/c1-10(2)26-19-17(18(28)25(5)21(26)31)16(20(29)30)14(32-19)8-13-11(3)24-27(12(13)4)15-6-7-22-9-23-15;;/h6-7,9-10H,8H2,1-5H3,(H,29,30);;/q;+1;-1. The molecule has 4 aromatic rings. The third-order valence-electron chi connectivity index (χ3n) is 5.49. The normalized spacial score (nSPS) is 11.2. The van der Waals surface area contributed by atoms with Gasteiger partial charge in [0, 0.05) is 47.9 Å². The SMILES string of the molecule is Cc1nn(-c2ccncn2)c(C)c1Cc1sc2c(c1C(=O)O)c(=O)n(C)c(=O)n2C(C)C.[H-].[Na+]. The molecule has 0 fully saturated rings. The van der Waals surface area contributed by atoms with Gasteiger partial charge in [-0.25, -0.2) is 24.2 Å². The maximum atomic E-state index is 12.9. The van der Waals surface area contributed by atoms with Gasteiger partial charge < -0.3 is 6.53 Å². The van der Waals surface area contributed by atoms with E-state index in [-0.39, 0.29) is 54.4 Å². The molecule has 33 heavy (non-hydrogen) atoms. The molecule has 12 heteroatoms. The van der Waals surface area contributed by atoms with Crippen LogP contribution in [0.5, 0.6) is 0 Å². The molecule has 0 amide bonds. The Kier molecular flexibility index (Phi) is 7.08. The van der Waals surface area contributed by atoms with Crippen LogP contribution < -0.4 is 40.8 Å². The van der Waals surface area contributed by atoms with Crippen molar-refractivity contribution in [1.29, 1.82) is 0 Å². The van der Waals surface area contributed by atoms with E-state index in [0.717, 1.165) is 21.5 Å². The monoisotopic (exact) mass is 478 g/mol. The topological polar surface area (TPSA) is 125 Å². The zero-order valence-corrected chi connectivity index (χ0v) is 22.1. The van der Waals surface area contributed by atoms with Crippen molar-refractivity contribution in [2.75, 3.05) is 0 Å². The van der Waals surface area contributed by atoms with E-state index in [1.165, 1.54) is 29.3 Å². The van der Waals surface area contributed by atoms with Gasteiger partial charge in [0.1, 0.15) is 11.2 Å². The van der Waals surface area contributed by atoms with Crippen molar-refractivity contribution >= 4 is 27.5 Å². The zero-order chi connectivity index (χ0) is 23.3. The Balaban J connectivity index is 0.00000204. The van der Waals surface area contributed by atoms with Gasteiger partial charge in [0.25, 0.3) is 5.56 Å². The molecule has 0 unspecified atom stereocenters. The maximum Gasteiger partial charge on any atom is 1.00 e. The Bertz CT molecular complexity index is 1490. The van der Waals surface area contributed by atoms with Crippen molar-refractivity contribution < 1.29 is 40.9 Å². The average Bonchev–Trinajstić information content (AvgIpc) is 3.25. The van der Waals surface area contributed by atoms with Crippen LogP contribution in [0.15, 0.2) is 28.2 Å². The first kappa shape index (κ1) is 25.0. The summed E-state index contributed by atoms with van der Waals surface area (Å²) in [5.41, 5.74) is 1.24. The molecule has 0 aliphatic rings. The van der Waals surface area contributed by atoms with Gasteiger partial charge in [-0.05, 0) is 27.7 Å². The van der Waals surface area contributed by atoms with E-state index >= 15 is 0 Å². The summed E-state index contributed by atoms with van der Waals surface area (Å²) in [7, 11) is 1.37. The van der Waals surface area contributed by atoms with Gasteiger partial charge in [-0.15, -0.1) is 11.3 Å². The number of carboxylic acids is 1. The minimum Gasteiger partial charge on any atom is -1.00 e. The smallest absolute Gasteiger partial charge is 1.00 e. The van der Waals surface area contributed by atoms with E-state index in [0.29, 0.717) is 15.5 Å². The third-order valence-corrected chi connectivity index (χ3v) is 6.67. The van der Waals surface area contributed by atoms with E-state index in [1.807, 2.05) is 27.7 Å². The molecule has 0 aliphatic heterocycles. The fraction of sp³-hybridized carbons (Fsp3) is 0.333. The van der Waals surface area contributed by atoms with Crippen LogP contribution in [0.25, 0.3) is 16.0 Å². The fourth-order valence-electron chi connectivity index (χ4n) is 3.87. The Hall–Kier alpha value is -2.60. The zero-order valence-electron chi connectivity index (χ0n) is 20.3. The largest absolute Gasteiger partial charge is 1.00 e. The summed E-state index contributed by atoms with van der Waals surface area (Å²) in [5, 5.41) is 14.6. The van der Waals surface area contributed by atoms with Gasteiger partial charge in [0.15, 0.2) is 5.82 Å². The first-order valence-electron chi connectivity index (χ1n) is 9.95. The molecule has 0 saturated carbocycles. The van der Waals surface area contributed by atoms with Gasteiger partial charge in [-0.2, -0.15) is 5.10 Å². The van der Waals surface area contributed by atoms with Gasteiger partial charge in [-0.1, -0.05) is 0 Å². The van der Waals surface area contributed by atoms with E-state index < -0.39 is 17.2 Å². The third kappa shape index (κ3) is 4.10. The molecule has 0 spiro atoms. The summed E-state index contributed by atoms with van der Waals surface area (Å²) < 4.78 is 4.12. The second kappa shape index (κ2) is 9.34. The number of rotatable bonds is 5. The Morgan fingerprint density at radius 1 is 1.27 bits per heavy atom. The van der Waals surface area contributed by atoms with Crippen LogP contribution in [0, 0.1) is 13.8 Å². The minimum absolute atomic E-state index is 0. The number of nitrogens with zero attached hydrogens (tertiary/aromatic N) is 6. The molecule has 0 aliphatic carbocycles. The Labute approximate surface area is 216 Å². The van der Waals surface area contributed by atoms with Crippen LogP contribution in [-0.2, 0) is 13.5 Å². The van der Waals surface area contributed by atoms with Gasteiger partial charge >= 0.3 is 41.2 Å². The maximum absolute atomic E-state index is 12.9. The quantitative estimate of drug-likeness (QED) is 0.378. The van der Waals surface area contributed by atoms with Crippen LogP contribution in [0.2, 0.25) is 0 Å². The van der Waals surface area contributed by atoms with Crippen LogP contribution in [-0.4, -0.2) is 40.0 Å². The molecule has 0 bridgehead atoms. The van der Waals surface area contributed by atoms with Crippen LogP contribution >= 0.6 is 11.3 Å². The van der Waals surface area contributed by atoms with E-state index in [2.05, 4.69) is 15.1 Å². The van der Waals surface area contributed by atoms with E-state index in [9.17, 15) is 19.5 Å². The molecule has 1 N–H and O–H groups in total. The summed E-state index contributed by atoms with van der Waals surface area (Å²) in [6, 6.07) is 1.49. The molecule has 4 aromatic heterocycles. The molecule has 0 aromatic carbocycles. The number of aromatic carboxylic acids is 1. The average molecular weight is 479 g/mol. The number of carboxylic acid groups (broad SMARTS) is 1. The predicted molar refractivity (Wildman–Crippen MR) is 121 cm³/mol. The number of thiophene rings is 1. The van der Waals surface area contributed by atoms with Crippen LogP contribution in [0.4, 0.5) is 0 Å². The summed E-state index contributed by atoms with van der Waals surface area (Å²) in [6.07, 6.45) is 3.31. The minimum atomic E-state index is -1.20. The molecular weight excluding hydrogens is 455 g/mol. The number of aryl methyl sites for hydroxylation is 1. The molecule has 0 saturated heterocycles. The van der Waals surface area contributed by atoms with Gasteiger partial charge in [0.2, 0.25) is 0 Å². The fourth-order valence-corrected chi connectivity index (χ4v) is 5.29. The number of hydrogen-bond donors (Lipinski definition) is 1. The van der Waals surface area contributed by atoms with Crippen LogP contribution in [0.1, 0.15) is 53.5 Å². The number of aromatic nitrogens is 6. The molecule has 4 rings (SSSR count). The summed E-state index contributed by atoms with van der Waals surface area (Å²) in [5.74, 6) is -0.597. The van der Waals surface area contributed by atoms with E-state index in [4.69, 9.17) is 0 Å². The molecule has 0 atom stereocenters. The molecular formula is C21H23N6NaO4S. The molecule has 10 nitrogen and oxygen atoms in total. The number of carbonyl (C=O) groups is 1. The summed E-state index contributed by atoms with van der Waals surface area (Å²) in [4.78, 5) is 46.9. The molecule has 168 valence electrons. The van der Waals surface area contributed by atoms with Crippen molar-refractivity contribution in [3.8, 4) is 5.82 Å². The Morgan fingerprint density at radius 2 is 1.97 bits per heavy atom. The van der Waals surface area contributed by atoms with Crippen LogP contribution in [0.3, 0.4) is 0 Å². The van der Waals surface area contributed by atoms with E-state index in [1.54, 1.807) is 16.9 Å². The number of hydrogen-bond acceptors (Lipinski definition) is 7. The van der Waals surface area contributed by atoms with Crippen molar-refractivity contribution in [3.05, 3.63) is 66.8 Å². The first-order valence-corrected chi connectivity index (χ1v) is 10.8. The van der Waals surface area contributed by atoms with Crippen molar-refractivity contribution in [2.45, 2.75) is 40.2 Å². The van der Waals surface area contributed by atoms with Crippen molar-refractivity contribution in [2.24, 2.45) is 7.05 Å². The first-order chi connectivity index (χ1) is 15.1. The molecule has 4 heterocycles. The van der Waals surface area contributed by atoms with Gasteiger partial charge in [0.05, 0.1) is 16.6 Å². The van der Waals surface area contributed by atoms with Crippen molar-refractivity contribution in [1.82, 2.24) is 28.9 Å². The second-order valence-corrected chi connectivity index (χ2v) is 8.89. The Morgan fingerprint density at radius 3 is 2.55 bits per heavy atom. The molecule has 0 radical (unpaired) electrons. The number of fused-ring (bicyclic) bond motifs is 1. The van der Waals surface area contributed by atoms with Gasteiger partial charge in [-0.3, -0.25) is 13.9 Å². The summed E-state index contributed by atoms with van der Waals surface area (Å²) >= 11 is 1.17. The predicted octanol–water partition coefficient (Wildman–Crippen LogP) is -0.659. The summed E-state index contributed by atoms with van der Waals surface area (Å²) in [6.45, 7) is 7.38. The van der Waals surface area contributed by atoms with Crippen molar-refractivity contribution in [3.63, 3.8) is 0 Å².